The van der Waals surface area contributed by atoms with Gasteiger partial charge in [-0.15, -0.1) is 0 Å². The third-order valence-corrected chi connectivity index (χ3v) is 4.26. The zero-order valence-corrected chi connectivity index (χ0v) is 13.7. The van der Waals surface area contributed by atoms with Crippen LogP contribution >= 0.6 is 0 Å². The molecule has 0 amide bonds. The van der Waals surface area contributed by atoms with Gasteiger partial charge in [0.15, 0.2) is 0 Å². The van der Waals surface area contributed by atoms with Gasteiger partial charge in [-0.05, 0) is 18.6 Å². The van der Waals surface area contributed by atoms with Crippen molar-refractivity contribution in [2.75, 3.05) is 13.2 Å². The second kappa shape index (κ2) is 8.94. The second-order valence-corrected chi connectivity index (χ2v) is 6.29. The molecule has 1 aliphatic heterocycles. The SMILES string of the molecule is CCCCCCCCC[C@]1(COC(=O)c2ccccc2)CO1. The van der Waals surface area contributed by atoms with Crippen LogP contribution in [0.25, 0.3) is 0 Å². The quantitative estimate of drug-likeness (QED) is 0.336. The summed E-state index contributed by atoms with van der Waals surface area (Å²) in [4.78, 5) is 11.9. The van der Waals surface area contributed by atoms with Gasteiger partial charge in [0.2, 0.25) is 0 Å². The van der Waals surface area contributed by atoms with Crippen molar-refractivity contribution in [3.63, 3.8) is 0 Å². The molecule has 1 aromatic rings. The largest absolute Gasteiger partial charge is 0.459 e. The zero-order valence-electron chi connectivity index (χ0n) is 13.7. The first-order chi connectivity index (χ1) is 10.8. The summed E-state index contributed by atoms with van der Waals surface area (Å²) in [7, 11) is 0. The van der Waals surface area contributed by atoms with E-state index in [1.807, 2.05) is 18.2 Å². The van der Waals surface area contributed by atoms with E-state index < -0.39 is 0 Å². The minimum Gasteiger partial charge on any atom is -0.459 e. The highest BCUT2D eigenvalue weighted by molar-refractivity contribution is 5.89. The number of hydrogen-bond acceptors (Lipinski definition) is 3. The summed E-state index contributed by atoms with van der Waals surface area (Å²) in [6, 6.07) is 9.14. The summed E-state index contributed by atoms with van der Waals surface area (Å²) in [5.74, 6) is -0.255. The summed E-state index contributed by atoms with van der Waals surface area (Å²) < 4.78 is 11.0. The molecule has 1 aromatic carbocycles. The highest BCUT2D eigenvalue weighted by Crippen LogP contribution is 2.33. The van der Waals surface area contributed by atoms with Crippen molar-refractivity contribution in [1.82, 2.24) is 0 Å². The molecule has 1 fully saturated rings. The number of hydrogen-bond donors (Lipinski definition) is 0. The fourth-order valence-electron chi connectivity index (χ4n) is 2.66. The number of unbranched alkanes of at least 4 members (excludes halogenated alkanes) is 6. The topological polar surface area (TPSA) is 38.8 Å². The lowest BCUT2D eigenvalue weighted by Crippen LogP contribution is -2.22. The first-order valence-corrected chi connectivity index (χ1v) is 8.62. The molecule has 122 valence electrons. The van der Waals surface area contributed by atoms with Crippen LogP contribution in [0.4, 0.5) is 0 Å². The van der Waals surface area contributed by atoms with E-state index in [2.05, 4.69) is 6.92 Å². The van der Waals surface area contributed by atoms with Crippen molar-refractivity contribution in [3.8, 4) is 0 Å². The summed E-state index contributed by atoms with van der Waals surface area (Å²) in [6.07, 6.45) is 10.1. The van der Waals surface area contributed by atoms with Crippen molar-refractivity contribution in [2.24, 2.45) is 0 Å². The Hall–Kier alpha value is -1.35. The molecule has 0 spiro atoms. The van der Waals surface area contributed by atoms with Gasteiger partial charge in [-0.3, -0.25) is 0 Å². The molecule has 1 atom stereocenters. The third-order valence-electron chi connectivity index (χ3n) is 4.26. The number of ether oxygens (including phenoxy) is 2. The van der Waals surface area contributed by atoms with Crippen LogP contribution in [0.3, 0.4) is 0 Å². The molecule has 22 heavy (non-hydrogen) atoms. The van der Waals surface area contributed by atoms with Crippen LogP contribution < -0.4 is 0 Å². The van der Waals surface area contributed by atoms with Crippen molar-refractivity contribution in [1.29, 1.82) is 0 Å². The van der Waals surface area contributed by atoms with Crippen LogP contribution in [0, 0.1) is 0 Å². The first kappa shape index (κ1) is 17.0. The molecule has 0 unspecified atom stereocenters. The van der Waals surface area contributed by atoms with Gasteiger partial charge in [0.25, 0.3) is 0 Å². The maximum atomic E-state index is 11.9. The molecule has 0 radical (unpaired) electrons. The van der Waals surface area contributed by atoms with Gasteiger partial charge in [0, 0.05) is 0 Å². The Labute approximate surface area is 134 Å². The third kappa shape index (κ3) is 5.80. The lowest BCUT2D eigenvalue weighted by molar-refractivity contribution is 0.0382. The van der Waals surface area contributed by atoms with Crippen molar-refractivity contribution in [3.05, 3.63) is 35.9 Å². The zero-order chi connectivity index (χ0) is 15.7. The Morgan fingerprint density at radius 3 is 2.36 bits per heavy atom. The number of esters is 1. The van der Waals surface area contributed by atoms with E-state index in [0.29, 0.717) is 12.2 Å². The standard InChI is InChI=1S/C19H28O3/c1-2-3-4-5-6-7-11-14-19(16-22-19)15-21-18(20)17-12-9-8-10-13-17/h8-10,12-13H,2-7,11,14-16H2,1H3/t19-/m0/s1. The van der Waals surface area contributed by atoms with Crippen LogP contribution in [0.2, 0.25) is 0 Å². The Bertz CT molecular complexity index is 437. The molecule has 1 heterocycles. The summed E-state index contributed by atoms with van der Waals surface area (Å²) in [5, 5.41) is 0. The average molecular weight is 304 g/mol. The molecule has 3 heteroatoms. The van der Waals surface area contributed by atoms with Crippen molar-refractivity contribution >= 4 is 5.97 Å². The molecular weight excluding hydrogens is 276 g/mol. The van der Waals surface area contributed by atoms with Gasteiger partial charge in [0.1, 0.15) is 12.2 Å². The molecule has 0 N–H and O–H groups in total. The van der Waals surface area contributed by atoms with Gasteiger partial charge in [0.05, 0.1) is 12.2 Å². The Balaban J connectivity index is 1.58. The Kier molecular flexibility index (Phi) is 6.91. The van der Waals surface area contributed by atoms with Crippen LogP contribution in [0.1, 0.15) is 68.6 Å². The van der Waals surface area contributed by atoms with Crippen molar-refractivity contribution < 1.29 is 14.3 Å². The molecule has 0 aromatic heterocycles. The summed E-state index contributed by atoms with van der Waals surface area (Å²) >= 11 is 0. The molecule has 0 aliphatic carbocycles. The van der Waals surface area contributed by atoms with E-state index in [1.165, 1.54) is 38.5 Å². The molecule has 1 saturated heterocycles. The van der Waals surface area contributed by atoms with E-state index in [4.69, 9.17) is 9.47 Å². The monoisotopic (exact) mass is 304 g/mol. The van der Waals surface area contributed by atoms with Gasteiger partial charge < -0.3 is 9.47 Å². The Morgan fingerprint density at radius 2 is 1.73 bits per heavy atom. The fourth-order valence-corrected chi connectivity index (χ4v) is 2.66. The molecule has 2 rings (SSSR count). The van der Waals surface area contributed by atoms with E-state index in [0.717, 1.165) is 19.4 Å². The summed E-state index contributed by atoms with van der Waals surface area (Å²) in [5.41, 5.74) is 0.419. The predicted octanol–water partition coefficient (Wildman–Crippen LogP) is 4.75. The number of rotatable bonds is 11. The normalized spacial score (nSPS) is 19.9. The van der Waals surface area contributed by atoms with Gasteiger partial charge >= 0.3 is 5.97 Å². The fraction of sp³-hybridized carbons (Fsp3) is 0.632. The minimum atomic E-state index is -0.255. The van der Waals surface area contributed by atoms with Crippen LogP contribution in [0.5, 0.6) is 0 Å². The summed E-state index contributed by atoms with van der Waals surface area (Å²) in [6.45, 7) is 3.35. The van der Waals surface area contributed by atoms with E-state index >= 15 is 0 Å². The average Bonchev–Trinajstić information content (AvgIpc) is 3.33. The number of epoxide rings is 1. The van der Waals surface area contributed by atoms with E-state index in [9.17, 15) is 4.79 Å². The molecule has 0 bridgehead atoms. The number of benzene rings is 1. The van der Waals surface area contributed by atoms with Crippen LogP contribution in [-0.2, 0) is 9.47 Å². The first-order valence-electron chi connectivity index (χ1n) is 8.62. The van der Waals surface area contributed by atoms with Crippen molar-refractivity contribution in [2.45, 2.75) is 63.9 Å². The highest BCUT2D eigenvalue weighted by atomic mass is 16.6. The Morgan fingerprint density at radius 1 is 1.09 bits per heavy atom. The van der Waals surface area contributed by atoms with Gasteiger partial charge in [-0.1, -0.05) is 70.1 Å². The smallest absolute Gasteiger partial charge is 0.338 e. The molecule has 0 saturated carbocycles. The van der Waals surface area contributed by atoms with Crippen LogP contribution in [0.15, 0.2) is 30.3 Å². The predicted molar refractivity (Wildman–Crippen MR) is 88.0 cm³/mol. The maximum Gasteiger partial charge on any atom is 0.338 e. The number of carbonyl (C=O) groups excluding carboxylic acids is 1. The number of carbonyl (C=O) groups is 1. The van der Waals surface area contributed by atoms with Crippen LogP contribution in [-0.4, -0.2) is 24.8 Å². The van der Waals surface area contributed by atoms with E-state index in [1.54, 1.807) is 12.1 Å². The molecular formula is C19H28O3. The lowest BCUT2D eigenvalue weighted by Gasteiger charge is -2.12. The molecule has 1 aliphatic rings. The maximum absolute atomic E-state index is 11.9. The highest BCUT2D eigenvalue weighted by Gasteiger charge is 2.45. The molecule has 3 nitrogen and oxygen atoms in total. The van der Waals surface area contributed by atoms with E-state index in [-0.39, 0.29) is 11.6 Å². The van der Waals surface area contributed by atoms with Gasteiger partial charge in [-0.2, -0.15) is 0 Å². The lowest BCUT2D eigenvalue weighted by atomic mass is 10.0. The second-order valence-electron chi connectivity index (χ2n) is 6.29. The minimum absolute atomic E-state index is 0.187. The van der Waals surface area contributed by atoms with Gasteiger partial charge in [-0.25, -0.2) is 4.79 Å².